The lowest BCUT2D eigenvalue weighted by Gasteiger charge is -2.48. The normalized spacial score (nSPS) is 23.5. The van der Waals surface area contributed by atoms with Crippen LogP contribution >= 0.6 is 0 Å². The van der Waals surface area contributed by atoms with Crippen LogP contribution in [0.25, 0.3) is 0 Å². The molecule has 2 fully saturated rings. The van der Waals surface area contributed by atoms with Gasteiger partial charge in [-0.25, -0.2) is 0 Å². The number of nitrogens with zero attached hydrogens (tertiary/aromatic N) is 5. The topological polar surface area (TPSA) is 61.7 Å². The Labute approximate surface area is 162 Å². The number of amides is 2. The van der Waals surface area contributed by atoms with Crippen molar-refractivity contribution >= 4 is 11.8 Å². The number of rotatable bonds is 6. The molecule has 27 heavy (non-hydrogen) atoms. The van der Waals surface area contributed by atoms with Crippen molar-refractivity contribution in [1.29, 1.82) is 0 Å². The van der Waals surface area contributed by atoms with Crippen molar-refractivity contribution < 1.29 is 9.59 Å². The van der Waals surface area contributed by atoms with Crippen molar-refractivity contribution in [2.75, 3.05) is 46.8 Å². The Hall–Kier alpha value is -1.89. The highest BCUT2D eigenvalue weighted by molar-refractivity contribution is 5.78. The number of likely N-dealkylation sites (N-methyl/N-ethyl adjacent to an activating group) is 1. The molecule has 3 rings (SSSR count). The molecule has 0 radical (unpaired) electrons. The van der Waals surface area contributed by atoms with Gasteiger partial charge in [0.05, 0.1) is 6.20 Å². The van der Waals surface area contributed by atoms with Gasteiger partial charge in [0, 0.05) is 63.7 Å². The molecule has 0 N–H and O–H groups in total. The monoisotopic (exact) mass is 375 g/mol. The van der Waals surface area contributed by atoms with Crippen LogP contribution in [0, 0.1) is 12.3 Å². The van der Waals surface area contributed by atoms with Gasteiger partial charge in [-0.15, -0.1) is 0 Å². The van der Waals surface area contributed by atoms with Crippen LogP contribution in [0.1, 0.15) is 37.7 Å². The van der Waals surface area contributed by atoms with Crippen LogP contribution in [0.4, 0.5) is 0 Å². The molecule has 7 nitrogen and oxygen atoms in total. The lowest BCUT2D eigenvalue weighted by atomic mass is 9.73. The highest BCUT2D eigenvalue weighted by Crippen LogP contribution is 2.39. The molecule has 1 aromatic heterocycles. The first-order valence-corrected chi connectivity index (χ1v) is 10.1. The van der Waals surface area contributed by atoms with Gasteiger partial charge in [-0.3, -0.25) is 14.3 Å². The van der Waals surface area contributed by atoms with Crippen LogP contribution in [-0.2, 0) is 16.1 Å². The fraction of sp³-hybridized carbons (Fsp3) is 0.750. The molecule has 1 atom stereocenters. The maximum atomic E-state index is 12.8. The van der Waals surface area contributed by atoms with Crippen molar-refractivity contribution in [1.82, 2.24) is 24.5 Å². The van der Waals surface area contributed by atoms with Crippen LogP contribution in [0.2, 0.25) is 0 Å². The number of hydrogen-bond acceptors (Lipinski definition) is 4. The van der Waals surface area contributed by atoms with E-state index in [1.165, 1.54) is 0 Å². The molecular weight excluding hydrogens is 342 g/mol. The lowest BCUT2D eigenvalue weighted by molar-refractivity contribution is -0.143. The van der Waals surface area contributed by atoms with Crippen molar-refractivity contribution in [2.24, 2.45) is 5.41 Å². The van der Waals surface area contributed by atoms with E-state index in [1.807, 2.05) is 47.9 Å². The predicted molar refractivity (Wildman–Crippen MR) is 104 cm³/mol. The lowest BCUT2D eigenvalue weighted by Crippen LogP contribution is -2.55. The number of aromatic nitrogens is 2. The van der Waals surface area contributed by atoms with Gasteiger partial charge in [0.25, 0.3) is 0 Å². The third kappa shape index (κ3) is 5.09. The summed E-state index contributed by atoms with van der Waals surface area (Å²) in [5.41, 5.74) is 1.19. The smallest absolute Gasteiger partial charge is 0.224 e. The van der Waals surface area contributed by atoms with Gasteiger partial charge in [-0.2, -0.15) is 5.10 Å². The Morgan fingerprint density at radius 3 is 2.78 bits per heavy atom. The molecule has 2 amide bonds. The Bertz CT molecular complexity index is 671. The maximum Gasteiger partial charge on any atom is 0.224 e. The number of likely N-dealkylation sites (tertiary alicyclic amines) is 2. The van der Waals surface area contributed by atoms with Crippen molar-refractivity contribution in [2.45, 2.75) is 45.6 Å². The van der Waals surface area contributed by atoms with E-state index in [4.69, 9.17) is 0 Å². The minimum atomic E-state index is 0.0798. The highest BCUT2D eigenvalue weighted by atomic mass is 16.2. The number of carbonyl (C=O) groups is 2. The quantitative estimate of drug-likeness (QED) is 0.754. The first kappa shape index (κ1) is 19.9. The third-order valence-electron chi connectivity index (χ3n) is 5.90. The number of hydrogen-bond donors (Lipinski definition) is 0. The fourth-order valence-corrected chi connectivity index (χ4v) is 4.34. The molecular formula is C20H33N5O2. The van der Waals surface area contributed by atoms with E-state index in [1.54, 1.807) is 0 Å². The Morgan fingerprint density at radius 1 is 1.26 bits per heavy atom. The number of carbonyl (C=O) groups excluding carboxylic acids is 2. The van der Waals surface area contributed by atoms with Gasteiger partial charge >= 0.3 is 0 Å². The van der Waals surface area contributed by atoms with Crippen LogP contribution in [0.5, 0.6) is 0 Å². The summed E-state index contributed by atoms with van der Waals surface area (Å²) < 4.78 is 1.84. The summed E-state index contributed by atoms with van der Waals surface area (Å²) in [6.07, 6.45) is 7.94. The summed E-state index contributed by atoms with van der Waals surface area (Å²) in [5.74, 6) is 0.471. The second-order valence-electron chi connectivity index (χ2n) is 8.57. The molecule has 0 aromatic carbocycles. The Balaban J connectivity index is 1.57. The average molecular weight is 376 g/mol. The van der Waals surface area contributed by atoms with Gasteiger partial charge in [0.1, 0.15) is 0 Å². The van der Waals surface area contributed by atoms with Crippen molar-refractivity contribution in [3.63, 3.8) is 0 Å². The van der Waals surface area contributed by atoms with Crippen molar-refractivity contribution in [3.8, 4) is 0 Å². The summed E-state index contributed by atoms with van der Waals surface area (Å²) in [5, 5.41) is 4.27. The molecule has 2 saturated heterocycles. The first-order valence-electron chi connectivity index (χ1n) is 10.1. The van der Waals surface area contributed by atoms with E-state index in [9.17, 15) is 9.59 Å². The van der Waals surface area contributed by atoms with Gasteiger partial charge in [0.2, 0.25) is 11.8 Å². The van der Waals surface area contributed by atoms with Crippen LogP contribution in [0.3, 0.4) is 0 Å². The third-order valence-corrected chi connectivity index (χ3v) is 5.90. The second kappa shape index (κ2) is 8.42. The standard InChI is InChI=1S/C20H33N5O2/c1-17-13-21-25(14-17)10-6-19(27)23-9-4-7-20(15-23)8-5-18(26)24(16-20)12-11-22(2)3/h13-14H,4-12,15-16H2,1-3H3/t20-/m1/s1. The summed E-state index contributed by atoms with van der Waals surface area (Å²) in [7, 11) is 4.07. The number of aryl methyl sites for hydroxylation is 2. The summed E-state index contributed by atoms with van der Waals surface area (Å²) >= 11 is 0. The van der Waals surface area contributed by atoms with Crippen LogP contribution in [0.15, 0.2) is 12.4 Å². The molecule has 2 aliphatic heterocycles. The van der Waals surface area contributed by atoms with E-state index in [-0.39, 0.29) is 17.2 Å². The summed E-state index contributed by atoms with van der Waals surface area (Å²) in [6, 6.07) is 0. The maximum absolute atomic E-state index is 12.8. The Kier molecular flexibility index (Phi) is 6.19. The molecule has 3 heterocycles. The summed E-state index contributed by atoms with van der Waals surface area (Å²) in [6.45, 7) is 6.71. The Morgan fingerprint density at radius 2 is 2.07 bits per heavy atom. The van der Waals surface area contributed by atoms with Crippen LogP contribution < -0.4 is 0 Å². The predicted octanol–water partition coefficient (Wildman–Crippen LogP) is 1.37. The van der Waals surface area contributed by atoms with E-state index in [0.717, 1.165) is 57.5 Å². The van der Waals surface area contributed by atoms with Gasteiger partial charge in [0.15, 0.2) is 0 Å². The van der Waals surface area contributed by atoms with E-state index in [0.29, 0.717) is 19.4 Å². The fourth-order valence-electron chi connectivity index (χ4n) is 4.34. The SMILES string of the molecule is Cc1cnn(CCC(=O)N2CCC[C@@]3(CCC(=O)N(CCN(C)C)C3)C2)c1. The molecule has 0 bridgehead atoms. The molecule has 150 valence electrons. The van der Waals surface area contributed by atoms with Crippen LogP contribution in [-0.4, -0.2) is 83.1 Å². The largest absolute Gasteiger partial charge is 0.342 e. The molecule has 1 spiro atoms. The zero-order chi connectivity index (χ0) is 19.4. The average Bonchev–Trinajstić information content (AvgIpc) is 3.06. The van der Waals surface area contributed by atoms with Gasteiger partial charge < -0.3 is 14.7 Å². The molecule has 2 aliphatic rings. The van der Waals surface area contributed by atoms with E-state index >= 15 is 0 Å². The van der Waals surface area contributed by atoms with Gasteiger partial charge in [-0.1, -0.05) is 0 Å². The van der Waals surface area contributed by atoms with Gasteiger partial charge in [-0.05, 0) is 45.8 Å². The minimum absolute atomic E-state index is 0.0798. The zero-order valence-electron chi connectivity index (χ0n) is 17.0. The van der Waals surface area contributed by atoms with E-state index < -0.39 is 0 Å². The molecule has 0 unspecified atom stereocenters. The molecule has 0 aliphatic carbocycles. The molecule has 1 aromatic rings. The molecule has 0 saturated carbocycles. The second-order valence-corrected chi connectivity index (χ2v) is 8.57. The highest BCUT2D eigenvalue weighted by Gasteiger charge is 2.42. The molecule has 7 heteroatoms. The summed E-state index contributed by atoms with van der Waals surface area (Å²) in [4.78, 5) is 31.2. The number of piperidine rings is 2. The van der Waals surface area contributed by atoms with E-state index in [2.05, 4.69) is 10.00 Å². The first-order chi connectivity index (χ1) is 12.9. The van der Waals surface area contributed by atoms with Crippen molar-refractivity contribution in [3.05, 3.63) is 18.0 Å². The minimum Gasteiger partial charge on any atom is -0.342 e. The zero-order valence-corrected chi connectivity index (χ0v) is 17.0.